The number of rotatable bonds is 3. The second kappa shape index (κ2) is 5.94. The first-order chi connectivity index (χ1) is 7.24. The van der Waals surface area contributed by atoms with Gasteiger partial charge >= 0.3 is 0 Å². The Morgan fingerprint density at radius 3 is 3.00 bits per heavy atom. The number of ketones is 1. The standard InChI is InChI=1S/C12H14N2O/c1-10(15)12-8-5-7-11(14-12)6-3-4-9-13-2/h5,7-8,13H,4,9H2,1-2H3. The predicted molar refractivity (Wildman–Crippen MR) is 59.7 cm³/mol. The van der Waals surface area contributed by atoms with E-state index in [1.54, 1.807) is 18.2 Å². The van der Waals surface area contributed by atoms with E-state index in [9.17, 15) is 4.79 Å². The van der Waals surface area contributed by atoms with E-state index in [4.69, 9.17) is 0 Å². The van der Waals surface area contributed by atoms with Crippen LogP contribution in [0.15, 0.2) is 18.2 Å². The van der Waals surface area contributed by atoms with Crippen molar-refractivity contribution in [1.82, 2.24) is 10.3 Å². The third-order valence-corrected chi connectivity index (χ3v) is 1.83. The van der Waals surface area contributed by atoms with E-state index in [1.807, 2.05) is 7.05 Å². The molecular formula is C12H14N2O. The summed E-state index contributed by atoms with van der Waals surface area (Å²) in [7, 11) is 1.89. The molecule has 1 N–H and O–H groups in total. The molecule has 0 saturated heterocycles. The van der Waals surface area contributed by atoms with Crippen LogP contribution in [-0.2, 0) is 0 Å². The molecule has 0 bridgehead atoms. The molecule has 0 aliphatic carbocycles. The normalized spacial score (nSPS) is 9.20. The Morgan fingerprint density at radius 2 is 2.33 bits per heavy atom. The monoisotopic (exact) mass is 202 g/mol. The minimum atomic E-state index is -0.0334. The molecule has 0 aliphatic heterocycles. The van der Waals surface area contributed by atoms with E-state index in [-0.39, 0.29) is 5.78 Å². The largest absolute Gasteiger partial charge is 0.319 e. The third-order valence-electron chi connectivity index (χ3n) is 1.83. The molecule has 0 spiro atoms. The number of carbonyl (C=O) groups is 1. The van der Waals surface area contributed by atoms with E-state index < -0.39 is 0 Å². The molecule has 0 radical (unpaired) electrons. The van der Waals surface area contributed by atoms with Crippen molar-refractivity contribution in [2.45, 2.75) is 13.3 Å². The lowest BCUT2D eigenvalue weighted by Gasteiger charge is -1.94. The molecule has 78 valence electrons. The molecule has 0 fully saturated rings. The topological polar surface area (TPSA) is 42.0 Å². The Balaban J connectivity index is 2.72. The Hall–Kier alpha value is -1.66. The van der Waals surface area contributed by atoms with Crippen LogP contribution < -0.4 is 5.32 Å². The molecule has 3 nitrogen and oxygen atoms in total. The van der Waals surface area contributed by atoms with Crippen molar-refractivity contribution in [3.63, 3.8) is 0 Å². The molecule has 0 atom stereocenters. The predicted octanol–water partition coefficient (Wildman–Crippen LogP) is 1.25. The lowest BCUT2D eigenvalue weighted by molar-refractivity contribution is 0.101. The van der Waals surface area contributed by atoms with Gasteiger partial charge in [-0.1, -0.05) is 12.0 Å². The van der Waals surface area contributed by atoms with Gasteiger partial charge in [0.25, 0.3) is 0 Å². The van der Waals surface area contributed by atoms with E-state index >= 15 is 0 Å². The maximum absolute atomic E-state index is 11.1. The van der Waals surface area contributed by atoms with Gasteiger partial charge in [-0.05, 0) is 25.1 Å². The zero-order chi connectivity index (χ0) is 11.1. The van der Waals surface area contributed by atoms with Crippen LogP contribution in [0.25, 0.3) is 0 Å². The Kier molecular flexibility index (Phi) is 4.52. The molecule has 15 heavy (non-hydrogen) atoms. The first kappa shape index (κ1) is 11.4. The van der Waals surface area contributed by atoms with E-state index in [2.05, 4.69) is 22.1 Å². The van der Waals surface area contributed by atoms with Crippen LogP contribution in [0, 0.1) is 11.8 Å². The highest BCUT2D eigenvalue weighted by molar-refractivity contribution is 5.92. The van der Waals surface area contributed by atoms with Crippen molar-refractivity contribution in [3.05, 3.63) is 29.6 Å². The zero-order valence-electron chi connectivity index (χ0n) is 9.00. The summed E-state index contributed by atoms with van der Waals surface area (Å²) in [5.41, 5.74) is 1.12. The van der Waals surface area contributed by atoms with Crippen LogP contribution in [0.4, 0.5) is 0 Å². The summed E-state index contributed by atoms with van der Waals surface area (Å²) in [4.78, 5) is 15.2. The maximum atomic E-state index is 11.1. The summed E-state index contributed by atoms with van der Waals surface area (Å²) in [6.07, 6.45) is 0.780. The van der Waals surface area contributed by atoms with Crippen LogP contribution in [0.2, 0.25) is 0 Å². The van der Waals surface area contributed by atoms with Gasteiger partial charge in [0.1, 0.15) is 11.4 Å². The van der Waals surface area contributed by atoms with Gasteiger partial charge in [0.2, 0.25) is 0 Å². The Bertz CT molecular complexity index is 402. The second-order valence-electron chi connectivity index (χ2n) is 3.12. The second-order valence-corrected chi connectivity index (χ2v) is 3.12. The number of hydrogen-bond donors (Lipinski definition) is 1. The van der Waals surface area contributed by atoms with Gasteiger partial charge < -0.3 is 5.32 Å². The fourth-order valence-corrected chi connectivity index (χ4v) is 1.04. The van der Waals surface area contributed by atoms with Crippen molar-refractivity contribution in [2.75, 3.05) is 13.6 Å². The quantitative estimate of drug-likeness (QED) is 0.455. The lowest BCUT2D eigenvalue weighted by Crippen LogP contribution is -2.06. The number of aromatic nitrogens is 1. The molecule has 1 aromatic heterocycles. The smallest absolute Gasteiger partial charge is 0.178 e. The van der Waals surface area contributed by atoms with Crippen molar-refractivity contribution >= 4 is 5.78 Å². The first-order valence-corrected chi connectivity index (χ1v) is 4.85. The van der Waals surface area contributed by atoms with Crippen molar-refractivity contribution < 1.29 is 4.79 Å². The molecular weight excluding hydrogens is 188 g/mol. The Labute approximate surface area is 89.9 Å². The third kappa shape index (κ3) is 3.92. The summed E-state index contributed by atoms with van der Waals surface area (Å²) >= 11 is 0. The SMILES string of the molecule is CNCCC#Cc1cccc(C(C)=O)n1. The summed E-state index contributed by atoms with van der Waals surface area (Å²) in [6, 6.07) is 5.30. The van der Waals surface area contributed by atoms with Crippen LogP contribution in [0.3, 0.4) is 0 Å². The number of pyridine rings is 1. The molecule has 1 rings (SSSR count). The van der Waals surface area contributed by atoms with Crippen molar-refractivity contribution in [2.24, 2.45) is 0 Å². The minimum absolute atomic E-state index is 0.0334. The molecule has 0 aliphatic rings. The number of carbonyl (C=O) groups excluding carboxylic acids is 1. The number of Topliss-reactive ketones (excluding diaryl/α,β-unsaturated/α-hetero) is 1. The van der Waals surface area contributed by atoms with Crippen LogP contribution in [0.1, 0.15) is 29.5 Å². The zero-order valence-corrected chi connectivity index (χ0v) is 9.00. The fourth-order valence-electron chi connectivity index (χ4n) is 1.04. The summed E-state index contributed by atoms with van der Waals surface area (Å²) in [6.45, 7) is 2.36. The lowest BCUT2D eigenvalue weighted by atomic mass is 10.2. The average Bonchev–Trinajstić information content (AvgIpc) is 2.25. The van der Waals surface area contributed by atoms with E-state index in [1.165, 1.54) is 6.92 Å². The van der Waals surface area contributed by atoms with Crippen molar-refractivity contribution in [1.29, 1.82) is 0 Å². The van der Waals surface area contributed by atoms with Gasteiger partial charge in [0.05, 0.1) is 0 Å². The van der Waals surface area contributed by atoms with Gasteiger partial charge in [-0.2, -0.15) is 0 Å². The maximum Gasteiger partial charge on any atom is 0.178 e. The number of hydrogen-bond acceptors (Lipinski definition) is 3. The number of nitrogens with one attached hydrogen (secondary N) is 1. The Morgan fingerprint density at radius 1 is 1.53 bits per heavy atom. The molecule has 0 amide bonds. The van der Waals surface area contributed by atoms with Gasteiger partial charge in [-0.15, -0.1) is 0 Å². The van der Waals surface area contributed by atoms with Gasteiger partial charge in [-0.3, -0.25) is 4.79 Å². The minimum Gasteiger partial charge on any atom is -0.319 e. The van der Waals surface area contributed by atoms with Crippen LogP contribution in [0.5, 0.6) is 0 Å². The molecule has 1 aromatic rings. The van der Waals surface area contributed by atoms with Gasteiger partial charge in [0.15, 0.2) is 5.78 Å². The summed E-state index contributed by atoms with van der Waals surface area (Å²) < 4.78 is 0. The summed E-state index contributed by atoms with van der Waals surface area (Å²) in [5, 5.41) is 3.01. The van der Waals surface area contributed by atoms with E-state index in [0.29, 0.717) is 11.4 Å². The molecule has 3 heteroatoms. The number of nitrogens with zero attached hydrogens (tertiary/aromatic N) is 1. The highest BCUT2D eigenvalue weighted by Crippen LogP contribution is 1.98. The molecule has 0 unspecified atom stereocenters. The van der Waals surface area contributed by atoms with Crippen LogP contribution in [-0.4, -0.2) is 24.4 Å². The van der Waals surface area contributed by atoms with Gasteiger partial charge in [0, 0.05) is 19.9 Å². The van der Waals surface area contributed by atoms with E-state index in [0.717, 1.165) is 13.0 Å². The highest BCUT2D eigenvalue weighted by atomic mass is 16.1. The van der Waals surface area contributed by atoms with Gasteiger partial charge in [-0.25, -0.2) is 4.98 Å². The highest BCUT2D eigenvalue weighted by Gasteiger charge is 1.99. The molecule has 0 aromatic carbocycles. The van der Waals surface area contributed by atoms with Crippen LogP contribution >= 0.6 is 0 Å². The summed E-state index contributed by atoms with van der Waals surface area (Å²) in [5.74, 6) is 5.87. The molecule has 1 heterocycles. The fraction of sp³-hybridized carbons (Fsp3) is 0.333. The molecule has 0 saturated carbocycles. The first-order valence-electron chi connectivity index (χ1n) is 4.85. The average molecular weight is 202 g/mol. The van der Waals surface area contributed by atoms with Crippen molar-refractivity contribution in [3.8, 4) is 11.8 Å².